The monoisotopic (exact) mass is 433 g/mol. The van der Waals surface area contributed by atoms with Gasteiger partial charge in [0.2, 0.25) is 0 Å². The molecule has 172 valence electrons. The zero-order valence-corrected chi connectivity index (χ0v) is 19.0. The number of para-hydroxylation sites is 1. The van der Waals surface area contributed by atoms with Crippen molar-refractivity contribution in [2.75, 3.05) is 5.32 Å². The standard InChI is InChI=1S/C27H38F3N/c1-17-8-10-20-18(16-17)9-11-22-21(20)14-15-26(2)23(22)12-13-24(26)25(27(28,29)30)31-19-6-4-3-5-7-19/h3-7,17-18,20-25,31H,8-16H2,1-2H3/t17-,18+,20-,21?,22+,23?,24?,25?,26-/m0/s1. The minimum Gasteiger partial charge on any atom is -0.374 e. The van der Waals surface area contributed by atoms with Crippen LogP contribution >= 0.6 is 0 Å². The van der Waals surface area contributed by atoms with Gasteiger partial charge in [-0.15, -0.1) is 0 Å². The Morgan fingerprint density at radius 1 is 0.903 bits per heavy atom. The van der Waals surface area contributed by atoms with Gasteiger partial charge in [-0.2, -0.15) is 13.2 Å². The second-order valence-electron chi connectivity index (χ2n) is 11.6. The fourth-order valence-corrected chi connectivity index (χ4v) is 8.80. The quantitative estimate of drug-likeness (QED) is 0.510. The van der Waals surface area contributed by atoms with E-state index in [-0.39, 0.29) is 11.3 Å². The van der Waals surface area contributed by atoms with Crippen molar-refractivity contribution in [1.82, 2.24) is 0 Å². The van der Waals surface area contributed by atoms with Crippen molar-refractivity contribution in [2.45, 2.75) is 83.9 Å². The summed E-state index contributed by atoms with van der Waals surface area (Å²) in [5, 5.41) is 2.92. The van der Waals surface area contributed by atoms with Crippen LogP contribution < -0.4 is 5.32 Å². The molecule has 4 saturated carbocycles. The lowest BCUT2D eigenvalue weighted by Crippen LogP contribution is -2.53. The molecule has 0 saturated heterocycles. The number of rotatable bonds is 3. The number of halogens is 3. The first-order chi connectivity index (χ1) is 14.8. The molecule has 1 N–H and O–H groups in total. The Kier molecular flexibility index (Phi) is 5.58. The summed E-state index contributed by atoms with van der Waals surface area (Å²) in [5.74, 6) is 4.16. The Hall–Kier alpha value is -1.19. The summed E-state index contributed by atoms with van der Waals surface area (Å²) in [6.07, 6.45) is 6.27. The van der Waals surface area contributed by atoms with E-state index in [0.717, 1.165) is 42.9 Å². The maximum absolute atomic E-state index is 14.3. The van der Waals surface area contributed by atoms with Gasteiger partial charge in [-0.25, -0.2) is 0 Å². The smallest absolute Gasteiger partial charge is 0.374 e. The molecule has 4 unspecified atom stereocenters. The van der Waals surface area contributed by atoms with E-state index in [1.807, 2.05) is 18.2 Å². The fourth-order valence-electron chi connectivity index (χ4n) is 8.80. The molecule has 0 amide bonds. The highest BCUT2D eigenvalue weighted by atomic mass is 19.4. The third kappa shape index (κ3) is 3.80. The molecule has 1 aromatic rings. The lowest BCUT2D eigenvalue weighted by molar-refractivity contribution is -0.168. The zero-order valence-electron chi connectivity index (χ0n) is 19.0. The van der Waals surface area contributed by atoms with Gasteiger partial charge in [0, 0.05) is 5.69 Å². The summed E-state index contributed by atoms with van der Waals surface area (Å²) < 4.78 is 42.9. The molecule has 4 fully saturated rings. The zero-order chi connectivity index (χ0) is 21.8. The second-order valence-corrected chi connectivity index (χ2v) is 11.6. The Labute approximate surface area is 185 Å². The number of fused-ring (bicyclic) bond motifs is 5. The van der Waals surface area contributed by atoms with Gasteiger partial charge < -0.3 is 5.32 Å². The minimum absolute atomic E-state index is 0.196. The highest BCUT2D eigenvalue weighted by Crippen LogP contribution is 2.65. The Morgan fingerprint density at radius 2 is 1.65 bits per heavy atom. The summed E-state index contributed by atoms with van der Waals surface area (Å²) in [4.78, 5) is 0. The van der Waals surface area contributed by atoms with Crippen LogP contribution in [0.2, 0.25) is 0 Å². The maximum atomic E-state index is 14.3. The molecule has 1 nitrogen and oxygen atoms in total. The van der Waals surface area contributed by atoms with E-state index < -0.39 is 12.2 Å². The summed E-state index contributed by atoms with van der Waals surface area (Å²) in [6, 6.07) is 7.54. The number of nitrogens with one attached hydrogen (secondary N) is 1. The van der Waals surface area contributed by atoms with E-state index >= 15 is 0 Å². The average Bonchev–Trinajstić information content (AvgIpc) is 3.08. The van der Waals surface area contributed by atoms with Gasteiger partial charge in [0.15, 0.2) is 0 Å². The van der Waals surface area contributed by atoms with E-state index in [0.29, 0.717) is 23.9 Å². The molecule has 0 aliphatic heterocycles. The van der Waals surface area contributed by atoms with Crippen LogP contribution in [0.3, 0.4) is 0 Å². The van der Waals surface area contributed by atoms with Gasteiger partial charge in [0.05, 0.1) is 0 Å². The lowest BCUT2D eigenvalue weighted by Gasteiger charge is -2.57. The molecule has 0 radical (unpaired) electrons. The van der Waals surface area contributed by atoms with E-state index in [1.54, 1.807) is 12.1 Å². The van der Waals surface area contributed by atoms with Crippen LogP contribution in [-0.4, -0.2) is 12.2 Å². The molecular weight excluding hydrogens is 395 g/mol. The second kappa shape index (κ2) is 7.99. The summed E-state index contributed by atoms with van der Waals surface area (Å²) in [7, 11) is 0. The van der Waals surface area contributed by atoms with Crippen LogP contribution in [0.4, 0.5) is 18.9 Å². The van der Waals surface area contributed by atoms with Crippen molar-refractivity contribution in [3.63, 3.8) is 0 Å². The number of alkyl halides is 3. The fraction of sp³-hybridized carbons (Fsp3) is 0.778. The van der Waals surface area contributed by atoms with E-state index in [2.05, 4.69) is 19.2 Å². The third-order valence-electron chi connectivity index (χ3n) is 10.1. The average molecular weight is 434 g/mol. The van der Waals surface area contributed by atoms with E-state index in [4.69, 9.17) is 0 Å². The van der Waals surface area contributed by atoms with Crippen LogP contribution in [-0.2, 0) is 0 Å². The van der Waals surface area contributed by atoms with Crippen molar-refractivity contribution in [3.05, 3.63) is 30.3 Å². The van der Waals surface area contributed by atoms with Crippen molar-refractivity contribution >= 4 is 5.69 Å². The van der Waals surface area contributed by atoms with Crippen LogP contribution in [0.5, 0.6) is 0 Å². The summed E-state index contributed by atoms with van der Waals surface area (Å²) in [6.45, 7) is 4.62. The van der Waals surface area contributed by atoms with Crippen molar-refractivity contribution in [2.24, 2.45) is 46.8 Å². The van der Waals surface area contributed by atoms with Crippen molar-refractivity contribution < 1.29 is 13.2 Å². The molecule has 5 rings (SSSR count). The normalized spacial score (nSPS) is 43.5. The van der Waals surface area contributed by atoms with Gasteiger partial charge in [0.1, 0.15) is 6.04 Å². The predicted octanol–water partition coefficient (Wildman–Crippen LogP) is 7.93. The van der Waals surface area contributed by atoms with Gasteiger partial charge in [-0.05, 0) is 110 Å². The number of hydrogen-bond acceptors (Lipinski definition) is 1. The predicted molar refractivity (Wildman–Crippen MR) is 120 cm³/mol. The largest absolute Gasteiger partial charge is 0.408 e. The molecule has 9 atom stereocenters. The van der Waals surface area contributed by atoms with E-state index in [1.165, 1.54) is 32.1 Å². The highest BCUT2D eigenvalue weighted by Gasteiger charge is 2.61. The number of hydrogen-bond donors (Lipinski definition) is 1. The Morgan fingerprint density at radius 3 is 2.39 bits per heavy atom. The molecular formula is C27H38F3N. The Balaban J connectivity index is 1.38. The SMILES string of the molecule is C[C@H]1CC[C@@H]2C3CC[C@]4(C)C(C(Nc5ccccc5)C(F)(F)F)CCC4[C@@H]3CC[C@@H]2C1. The minimum atomic E-state index is -4.23. The van der Waals surface area contributed by atoms with Gasteiger partial charge in [-0.1, -0.05) is 38.5 Å². The van der Waals surface area contributed by atoms with Gasteiger partial charge in [-0.3, -0.25) is 0 Å². The van der Waals surface area contributed by atoms with Gasteiger partial charge in [0.25, 0.3) is 0 Å². The molecule has 0 spiro atoms. The number of benzene rings is 1. The molecule has 0 bridgehead atoms. The van der Waals surface area contributed by atoms with Crippen molar-refractivity contribution in [1.29, 1.82) is 0 Å². The maximum Gasteiger partial charge on any atom is 0.408 e. The molecule has 0 heterocycles. The Bertz CT molecular complexity index is 761. The van der Waals surface area contributed by atoms with Crippen LogP contribution in [0.25, 0.3) is 0 Å². The molecule has 1 aromatic carbocycles. The first-order valence-corrected chi connectivity index (χ1v) is 12.7. The molecule has 4 heteroatoms. The molecule has 31 heavy (non-hydrogen) atoms. The summed E-state index contributed by atoms with van der Waals surface area (Å²) in [5.41, 5.74) is 0.389. The lowest BCUT2D eigenvalue weighted by atomic mass is 9.49. The summed E-state index contributed by atoms with van der Waals surface area (Å²) >= 11 is 0. The topological polar surface area (TPSA) is 12.0 Å². The van der Waals surface area contributed by atoms with Crippen molar-refractivity contribution in [3.8, 4) is 0 Å². The third-order valence-corrected chi connectivity index (χ3v) is 10.1. The first kappa shape index (κ1) is 21.6. The molecule has 0 aromatic heterocycles. The molecule has 4 aliphatic carbocycles. The van der Waals surface area contributed by atoms with Crippen LogP contribution in [0, 0.1) is 46.8 Å². The highest BCUT2D eigenvalue weighted by molar-refractivity contribution is 5.44. The van der Waals surface area contributed by atoms with E-state index in [9.17, 15) is 13.2 Å². The first-order valence-electron chi connectivity index (χ1n) is 12.7. The van der Waals surface area contributed by atoms with Crippen LogP contribution in [0.15, 0.2) is 30.3 Å². The number of anilines is 1. The van der Waals surface area contributed by atoms with Crippen LogP contribution in [0.1, 0.15) is 71.6 Å². The molecule has 4 aliphatic rings. The van der Waals surface area contributed by atoms with Gasteiger partial charge >= 0.3 is 6.18 Å².